The van der Waals surface area contributed by atoms with Gasteiger partial charge in [0.25, 0.3) is 0 Å². The topological polar surface area (TPSA) is 41.6 Å². The number of ether oxygens (including phenoxy) is 1. The summed E-state index contributed by atoms with van der Waals surface area (Å²) in [6, 6.07) is 0.405. The molecule has 1 aliphatic heterocycles. The number of hydrogen-bond acceptors (Lipinski definition) is 3. The zero-order valence-electron chi connectivity index (χ0n) is 9.25. The molecular weight excluding hydrogens is 180 g/mol. The van der Waals surface area contributed by atoms with E-state index in [-0.39, 0.29) is 11.8 Å². The van der Waals surface area contributed by atoms with Crippen molar-refractivity contribution in [2.24, 2.45) is 5.92 Å². The quantitative estimate of drug-likeness (QED) is 0.702. The normalized spacial score (nSPS) is 24.8. The summed E-state index contributed by atoms with van der Waals surface area (Å²) in [5, 5.41) is 3.31. The summed E-state index contributed by atoms with van der Waals surface area (Å²) < 4.78 is 4.98. The summed E-state index contributed by atoms with van der Waals surface area (Å²) in [7, 11) is 1.63. The van der Waals surface area contributed by atoms with Gasteiger partial charge in [-0.3, -0.25) is 4.79 Å². The number of rotatable bonds is 3. The highest BCUT2D eigenvalue weighted by molar-refractivity contribution is 5.78. The van der Waals surface area contributed by atoms with E-state index >= 15 is 0 Å². The molecule has 1 rings (SSSR count). The summed E-state index contributed by atoms with van der Waals surface area (Å²) in [5.74, 6) is 0.186. The summed E-state index contributed by atoms with van der Waals surface area (Å²) in [5.41, 5.74) is 0. The molecule has 4 heteroatoms. The number of nitrogens with one attached hydrogen (secondary N) is 1. The monoisotopic (exact) mass is 200 g/mol. The molecule has 1 aliphatic rings. The molecule has 4 nitrogen and oxygen atoms in total. The van der Waals surface area contributed by atoms with E-state index in [1.54, 1.807) is 7.11 Å². The van der Waals surface area contributed by atoms with E-state index in [4.69, 9.17) is 4.74 Å². The fourth-order valence-electron chi connectivity index (χ4n) is 1.77. The molecule has 1 amide bonds. The lowest BCUT2D eigenvalue weighted by molar-refractivity contribution is -0.137. The lowest BCUT2D eigenvalue weighted by Gasteiger charge is -2.33. The summed E-state index contributed by atoms with van der Waals surface area (Å²) in [6.45, 7) is 7.05. The van der Waals surface area contributed by atoms with Crippen LogP contribution in [-0.4, -0.2) is 50.2 Å². The molecule has 0 aromatic carbocycles. The van der Waals surface area contributed by atoms with E-state index in [1.165, 1.54) is 0 Å². The first-order valence-electron chi connectivity index (χ1n) is 5.16. The molecule has 0 saturated carbocycles. The van der Waals surface area contributed by atoms with Crippen LogP contribution in [0.25, 0.3) is 0 Å². The fraction of sp³-hybridized carbons (Fsp3) is 0.900. The van der Waals surface area contributed by atoms with Crippen molar-refractivity contribution in [1.29, 1.82) is 0 Å². The maximum absolute atomic E-state index is 11.9. The molecule has 1 N–H and O–H groups in total. The van der Waals surface area contributed by atoms with Crippen molar-refractivity contribution in [3.63, 3.8) is 0 Å². The first kappa shape index (κ1) is 11.5. The molecule has 1 heterocycles. The molecule has 1 saturated heterocycles. The molecule has 2 atom stereocenters. The van der Waals surface area contributed by atoms with Gasteiger partial charge in [-0.2, -0.15) is 0 Å². The number of carbonyl (C=O) groups excluding carboxylic acids is 1. The average molecular weight is 200 g/mol. The van der Waals surface area contributed by atoms with Crippen LogP contribution in [0.3, 0.4) is 0 Å². The molecular formula is C10H20N2O2. The van der Waals surface area contributed by atoms with Gasteiger partial charge in [-0.15, -0.1) is 0 Å². The highest BCUT2D eigenvalue weighted by Gasteiger charge is 2.24. The van der Waals surface area contributed by atoms with E-state index in [1.807, 2.05) is 11.8 Å². The molecule has 14 heavy (non-hydrogen) atoms. The van der Waals surface area contributed by atoms with Crippen molar-refractivity contribution in [1.82, 2.24) is 10.2 Å². The van der Waals surface area contributed by atoms with Gasteiger partial charge in [-0.1, -0.05) is 6.92 Å². The Bertz CT molecular complexity index is 197. The van der Waals surface area contributed by atoms with Crippen LogP contribution >= 0.6 is 0 Å². The Labute approximate surface area is 85.6 Å². The lowest BCUT2D eigenvalue weighted by atomic mass is 10.1. The summed E-state index contributed by atoms with van der Waals surface area (Å²) >= 11 is 0. The second-order valence-corrected chi connectivity index (χ2v) is 4.00. The first-order valence-corrected chi connectivity index (χ1v) is 5.16. The number of piperazine rings is 1. The predicted octanol–water partition coefficient (Wildman–Crippen LogP) is 0.0892. The Morgan fingerprint density at radius 2 is 2.43 bits per heavy atom. The van der Waals surface area contributed by atoms with Gasteiger partial charge in [-0.05, 0) is 6.92 Å². The zero-order valence-corrected chi connectivity index (χ0v) is 9.25. The third-order valence-electron chi connectivity index (χ3n) is 2.52. The van der Waals surface area contributed by atoms with Crippen molar-refractivity contribution in [2.75, 3.05) is 33.4 Å². The van der Waals surface area contributed by atoms with Crippen LogP contribution in [0, 0.1) is 5.92 Å². The highest BCUT2D eigenvalue weighted by Crippen LogP contribution is 2.06. The molecule has 82 valence electrons. The van der Waals surface area contributed by atoms with Crippen molar-refractivity contribution >= 4 is 5.91 Å². The molecule has 0 aliphatic carbocycles. The fourth-order valence-corrected chi connectivity index (χ4v) is 1.77. The molecule has 0 radical (unpaired) electrons. The lowest BCUT2D eigenvalue weighted by Crippen LogP contribution is -2.52. The highest BCUT2D eigenvalue weighted by atomic mass is 16.5. The second-order valence-electron chi connectivity index (χ2n) is 4.00. The minimum Gasteiger partial charge on any atom is -0.384 e. The third kappa shape index (κ3) is 2.96. The van der Waals surface area contributed by atoms with Crippen LogP contribution in [0.1, 0.15) is 13.8 Å². The Balaban J connectivity index is 2.42. The maximum atomic E-state index is 11.9. The standard InChI is InChI=1S/C10H20N2O2/c1-8(7-14-3)10(13)12-5-4-11-9(2)6-12/h8-9,11H,4-7H2,1-3H3. The van der Waals surface area contributed by atoms with Crippen molar-refractivity contribution in [3.8, 4) is 0 Å². The van der Waals surface area contributed by atoms with Gasteiger partial charge >= 0.3 is 0 Å². The van der Waals surface area contributed by atoms with Crippen LogP contribution in [0.5, 0.6) is 0 Å². The molecule has 0 bridgehead atoms. The van der Waals surface area contributed by atoms with Gasteiger partial charge < -0.3 is 15.0 Å². The van der Waals surface area contributed by atoms with Gasteiger partial charge in [0.1, 0.15) is 0 Å². The van der Waals surface area contributed by atoms with Gasteiger partial charge in [0, 0.05) is 32.8 Å². The predicted molar refractivity (Wildman–Crippen MR) is 55.1 cm³/mol. The minimum atomic E-state index is -0.0229. The first-order chi connectivity index (χ1) is 6.65. The number of amides is 1. The minimum absolute atomic E-state index is 0.0229. The van der Waals surface area contributed by atoms with Crippen LogP contribution in [-0.2, 0) is 9.53 Å². The van der Waals surface area contributed by atoms with Crippen molar-refractivity contribution < 1.29 is 9.53 Å². The smallest absolute Gasteiger partial charge is 0.227 e. The molecule has 0 aromatic rings. The number of methoxy groups -OCH3 is 1. The van der Waals surface area contributed by atoms with Crippen LogP contribution < -0.4 is 5.32 Å². The van der Waals surface area contributed by atoms with E-state index < -0.39 is 0 Å². The van der Waals surface area contributed by atoms with Crippen LogP contribution in [0.15, 0.2) is 0 Å². The number of hydrogen-bond donors (Lipinski definition) is 1. The number of carbonyl (C=O) groups is 1. The van der Waals surface area contributed by atoms with Crippen LogP contribution in [0.2, 0.25) is 0 Å². The van der Waals surface area contributed by atoms with Crippen LogP contribution in [0.4, 0.5) is 0 Å². The Morgan fingerprint density at radius 3 is 3.00 bits per heavy atom. The summed E-state index contributed by atoms with van der Waals surface area (Å²) in [4.78, 5) is 13.8. The Morgan fingerprint density at radius 1 is 1.71 bits per heavy atom. The second kappa shape index (κ2) is 5.32. The van der Waals surface area contributed by atoms with Crippen molar-refractivity contribution in [2.45, 2.75) is 19.9 Å². The van der Waals surface area contributed by atoms with Gasteiger partial charge in [0.15, 0.2) is 0 Å². The van der Waals surface area contributed by atoms with E-state index in [0.717, 1.165) is 19.6 Å². The molecule has 0 spiro atoms. The average Bonchev–Trinajstić information content (AvgIpc) is 2.17. The van der Waals surface area contributed by atoms with E-state index in [0.29, 0.717) is 12.6 Å². The summed E-state index contributed by atoms with van der Waals surface area (Å²) in [6.07, 6.45) is 0. The molecule has 1 fully saturated rings. The molecule has 2 unspecified atom stereocenters. The largest absolute Gasteiger partial charge is 0.384 e. The molecule has 0 aromatic heterocycles. The SMILES string of the molecule is COCC(C)C(=O)N1CCNC(C)C1. The third-order valence-corrected chi connectivity index (χ3v) is 2.52. The Hall–Kier alpha value is -0.610. The van der Waals surface area contributed by atoms with Gasteiger partial charge in [-0.25, -0.2) is 0 Å². The Kier molecular flexibility index (Phi) is 4.35. The van der Waals surface area contributed by atoms with Crippen molar-refractivity contribution in [3.05, 3.63) is 0 Å². The van der Waals surface area contributed by atoms with Gasteiger partial charge in [0.2, 0.25) is 5.91 Å². The van der Waals surface area contributed by atoms with E-state index in [2.05, 4.69) is 12.2 Å². The number of nitrogens with zero attached hydrogens (tertiary/aromatic N) is 1. The van der Waals surface area contributed by atoms with E-state index in [9.17, 15) is 4.79 Å². The maximum Gasteiger partial charge on any atom is 0.227 e. The van der Waals surface area contributed by atoms with Gasteiger partial charge in [0.05, 0.1) is 12.5 Å². The zero-order chi connectivity index (χ0) is 10.6.